The summed E-state index contributed by atoms with van der Waals surface area (Å²) in [5, 5.41) is 0. The summed E-state index contributed by atoms with van der Waals surface area (Å²) in [5.74, 6) is 1.57. The van der Waals surface area contributed by atoms with Crippen LogP contribution in [0.5, 0.6) is 11.5 Å². The Morgan fingerprint density at radius 2 is 1.90 bits per heavy atom. The normalized spacial score (nSPS) is 13.6. The van der Waals surface area contributed by atoms with E-state index in [0.717, 1.165) is 34.0 Å². The van der Waals surface area contributed by atoms with Crippen LogP contribution in [0.2, 0.25) is 0 Å². The molecule has 1 aliphatic rings. The summed E-state index contributed by atoms with van der Waals surface area (Å²) < 4.78 is 13.2. The Morgan fingerprint density at radius 1 is 1.05 bits per heavy atom. The van der Waals surface area contributed by atoms with Crippen molar-refractivity contribution >= 4 is 5.65 Å². The third-order valence-electron chi connectivity index (χ3n) is 3.59. The lowest BCUT2D eigenvalue weighted by molar-refractivity contribution is 0.171. The van der Waals surface area contributed by atoms with Gasteiger partial charge in [0.15, 0.2) is 11.5 Å². The molecule has 0 saturated heterocycles. The van der Waals surface area contributed by atoms with E-state index in [1.807, 2.05) is 47.1 Å². The van der Waals surface area contributed by atoms with E-state index in [1.54, 1.807) is 0 Å². The Labute approximate surface area is 121 Å². The molecule has 5 heteroatoms. The van der Waals surface area contributed by atoms with Gasteiger partial charge in [-0.25, -0.2) is 4.98 Å². The standard InChI is InChI=1S/C16H15N3O2/c17-8-11-1-4-16-18-13(10-19(16)9-11)12-2-3-14-15(7-12)21-6-5-20-14/h1-4,7,9-10H,5-6,8,17H2. The van der Waals surface area contributed by atoms with Crippen LogP contribution in [0.15, 0.2) is 42.7 Å². The van der Waals surface area contributed by atoms with Gasteiger partial charge in [0.05, 0.1) is 5.69 Å². The van der Waals surface area contributed by atoms with Crippen LogP contribution in [-0.2, 0) is 6.54 Å². The van der Waals surface area contributed by atoms with Crippen LogP contribution in [0.1, 0.15) is 5.56 Å². The first-order chi connectivity index (χ1) is 10.3. The monoisotopic (exact) mass is 281 g/mol. The molecule has 0 bridgehead atoms. The van der Waals surface area contributed by atoms with Gasteiger partial charge in [-0.3, -0.25) is 0 Å². The highest BCUT2D eigenvalue weighted by molar-refractivity contribution is 5.66. The Balaban J connectivity index is 1.78. The molecule has 0 aliphatic carbocycles. The second kappa shape index (κ2) is 4.79. The summed E-state index contributed by atoms with van der Waals surface area (Å²) in [7, 11) is 0. The summed E-state index contributed by atoms with van der Waals surface area (Å²) in [4.78, 5) is 4.63. The summed E-state index contributed by atoms with van der Waals surface area (Å²) >= 11 is 0. The van der Waals surface area contributed by atoms with Crippen molar-refractivity contribution in [1.29, 1.82) is 0 Å². The molecule has 21 heavy (non-hydrogen) atoms. The van der Waals surface area contributed by atoms with Gasteiger partial charge in [-0.1, -0.05) is 6.07 Å². The maximum absolute atomic E-state index is 5.67. The molecular weight excluding hydrogens is 266 g/mol. The second-order valence-electron chi connectivity index (χ2n) is 4.99. The summed E-state index contributed by atoms with van der Waals surface area (Å²) in [6.07, 6.45) is 4.00. The van der Waals surface area contributed by atoms with E-state index < -0.39 is 0 Å². The van der Waals surface area contributed by atoms with Crippen LogP contribution in [0.4, 0.5) is 0 Å². The zero-order valence-corrected chi connectivity index (χ0v) is 11.5. The van der Waals surface area contributed by atoms with Crippen LogP contribution < -0.4 is 15.2 Å². The zero-order valence-electron chi connectivity index (χ0n) is 11.5. The number of hydrogen-bond donors (Lipinski definition) is 1. The number of pyridine rings is 1. The molecule has 2 N–H and O–H groups in total. The van der Waals surface area contributed by atoms with E-state index in [0.29, 0.717) is 19.8 Å². The van der Waals surface area contributed by atoms with Gasteiger partial charge in [-0.05, 0) is 29.8 Å². The Kier molecular flexibility index (Phi) is 2.79. The first-order valence-corrected chi connectivity index (χ1v) is 6.91. The van der Waals surface area contributed by atoms with Gasteiger partial charge >= 0.3 is 0 Å². The molecule has 3 aromatic rings. The van der Waals surface area contributed by atoms with Crippen LogP contribution in [-0.4, -0.2) is 22.6 Å². The van der Waals surface area contributed by atoms with Gasteiger partial charge in [0.2, 0.25) is 0 Å². The second-order valence-corrected chi connectivity index (χ2v) is 4.99. The average Bonchev–Trinajstić information content (AvgIpc) is 2.97. The Hall–Kier alpha value is -2.53. The fourth-order valence-corrected chi connectivity index (χ4v) is 2.50. The van der Waals surface area contributed by atoms with Gasteiger partial charge in [-0.15, -0.1) is 0 Å². The number of hydrogen-bond acceptors (Lipinski definition) is 4. The minimum Gasteiger partial charge on any atom is -0.486 e. The molecular formula is C16H15N3O2. The molecule has 2 aromatic heterocycles. The van der Waals surface area contributed by atoms with Crippen molar-refractivity contribution in [2.24, 2.45) is 5.73 Å². The maximum Gasteiger partial charge on any atom is 0.162 e. The molecule has 0 fully saturated rings. The molecule has 106 valence electrons. The van der Waals surface area contributed by atoms with Crippen molar-refractivity contribution < 1.29 is 9.47 Å². The predicted molar refractivity (Wildman–Crippen MR) is 79.5 cm³/mol. The molecule has 1 aromatic carbocycles. The number of imidazole rings is 1. The molecule has 0 radical (unpaired) electrons. The lowest BCUT2D eigenvalue weighted by Crippen LogP contribution is -2.15. The summed E-state index contributed by atoms with van der Waals surface area (Å²) in [6, 6.07) is 9.87. The number of rotatable bonds is 2. The molecule has 5 nitrogen and oxygen atoms in total. The van der Waals surface area contributed by atoms with Crippen LogP contribution in [0.25, 0.3) is 16.9 Å². The predicted octanol–water partition coefficient (Wildman–Crippen LogP) is 2.23. The van der Waals surface area contributed by atoms with E-state index in [4.69, 9.17) is 15.2 Å². The number of benzene rings is 1. The van der Waals surface area contributed by atoms with Crippen molar-refractivity contribution in [3.8, 4) is 22.8 Å². The van der Waals surface area contributed by atoms with Crippen molar-refractivity contribution in [1.82, 2.24) is 9.38 Å². The topological polar surface area (TPSA) is 61.8 Å². The lowest BCUT2D eigenvalue weighted by Gasteiger charge is -2.18. The third kappa shape index (κ3) is 2.11. The van der Waals surface area contributed by atoms with E-state index in [1.165, 1.54) is 0 Å². The zero-order chi connectivity index (χ0) is 14.2. The number of aromatic nitrogens is 2. The SMILES string of the molecule is NCc1ccc2nc(-c3ccc4c(c3)OCCO4)cn2c1. The highest BCUT2D eigenvalue weighted by atomic mass is 16.6. The highest BCUT2D eigenvalue weighted by Gasteiger charge is 2.13. The van der Waals surface area contributed by atoms with Gasteiger partial charge in [0.1, 0.15) is 18.9 Å². The number of fused-ring (bicyclic) bond motifs is 2. The molecule has 0 spiro atoms. The fraction of sp³-hybridized carbons (Fsp3) is 0.188. The van der Waals surface area contributed by atoms with Gasteiger partial charge < -0.3 is 19.6 Å². The molecule has 0 atom stereocenters. The lowest BCUT2D eigenvalue weighted by atomic mass is 10.1. The fourth-order valence-electron chi connectivity index (χ4n) is 2.50. The molecule has 0 unspecified atom stereocenters. The van der Waals surface area contributed by atoms with E-state index in [2.05, 4.69) is 4.98 Å². The van der Waals surface area contributed by atoms with Crippen LogP contribution >= 0.6 is 0 Å². The molecule has 1 aliphatic heterocycles. The quantitative estimate of drug-likeness (QED) is 0.782. The van der Waals surface area contributed by atoms with Crippen molar-refractivity contribution in [3.05, 3.63) is 48.3 Å². The molecule has 3 heterocycles. The number of nitrogens with zero attached hydrogens (tertiary/aromatic N) is 2. The third-order valence-corrected chi connectivity index (χ3v) is 3.59. The van der Waals surface area contributed by atoms with Crippen molar-refractivity contribution in [2.45, 2.75) is 6.54 Å². The minimum atomic E-state index is 0.521. The first kappa shape index (κ1) is 12.2. The summed E-state index contributed by atoms with van der Waals surface area (Å²) in [5.41, 5.74) is 9.56. The van der Waals surface area contributed by atoms with E-state index in [-0.39, 0.29) is 0 Å². The minimum absolute atomic E-state index is 0.521. The number of ether oxygens (including phenoxy) is 2. The summed E-state index contributed by atoms with van der Waals surface area (Å²) in [6.45, 7) is 1.71. The van der Waals surface area contributed by atoms with Crippen molar-refractivity contribution in [3.63, 3.8) is 0 Å². The Bertz CT molecular complexity index is 810. The van der Waals surface area contributed by atoms with E-state index in [9.17, 15) is 0 Å². The van der Waals surface area contributed by atoms with Crippen LogP contribution in [0.3, 0.4) is 0 Å². The highest BCUT2D eigenvalue weighted by Crippen LogP contribution is 2.34. The van der Waals surface area contributed by atoms with E-state index >= 15 is 0 Å². The first-order valence-electron chi connectivity index (χ1n) is 6.91. The average molecular weight is 281 g/mol. The number of nitrogens with two attached hydrogens (primary N) is 1. The van der Waals surface area contributed by atoms with Gasteiger partial charge in [0, 0.05) is 24.5 Å². The smallest absolute Gasteiger partial charge is 0.162 e. The Morgan fingerprint density at radius 3 is 2.76 bits per heavy atom. The maximum atomic E-state index is 5.67. The molecule has 0 amide bonds. The van der Waals surface area contributed by atoms with Gasteiger partial charge in [-0.2, -0.15) is 0 Å². The largest absolute Gasteiger partial charge is 0.486 e. The van der Waals surface area contributed by atoms with Crippen LogP contribution in [0, 0.1) is 0 Å². The molecule has 0 saturated carbocycles. The molecule has 4 rings (SSSR count). The van der Waals surface area contributed by atoms with Crippen molar-refractivity contribution in [2.75, 3.05) is 13.2 Å². The van der Waals surface area contributed by atoms with Gasteiger partial charge in [0.25, 0.3) is 0 Å².